The molecule has 0 bridgehead atoms. The van der Waals surface area contributed by atoms with Crippen molar-refractivity contribution in [1.29, 1.82) is 0 Å². The van der Waals surface area contributed by atoms with E-state index in [9.17, 15) is 0 Å². The molecule has 2 heterocycles. The fourth-order valence-electron chi connectivity index (χ4n) is 1.21. The molecule has 1 radical (unpaired) electrons. The average molecular weight is 280 g/mol. The van der Waals surface area contributed by atoms with E-state index in [1.165, 1.54) is 25.9 Å². The first-order valence-corrected chi connectivity index (χ1v) is 4.97. The molecule has 0 unspecified atom stereocenters. The zero-order chi connectivity index (χ0) is 10.2. The second-order valence-corrected chi connectivity index (χ2v) is 3.55. The van der Waals surface area contributed by atoms with Crippen molar-refractivity contribution in [3.63, 3.8) is 0 Å². The molecule has 81 valence electrons. The molecule has 0 saturated carbocycles. The van der Waals surface area contributed by atoms with Crippen molar-refractivity contribution in [3.05, 3.63) is 31.2 Å². The quantitative estimate of drug-likeness (QED) is 0.730. The summed E-state index contributed by atoms with van der Waals surface area (Å²) in [7, 11) is 0. The van der Waals surface area contributed by atoms with Gasteiger partial charge >= 0.3 is 0 Å². The molecule has 0 atom stereocenters. The predicted octanol–water partition coefficient (Wildman–Crippen LogP) is 1.40. The fourth-order valence-corrected chi connectivity index (χ4v) is 1.21. The molecule has 15 heavy (non-hydrogen) atoms. The van der Waals surface area contributed by atoms with E-state index in [4.69, 9.17) is 0 Å². The van der Waals surface area contributed by atoms with E-state index in [1.807, 2.05) is 6.92 Å². The van der Waals surface area contributed by atoms with Crippen molar-refractivity contribution >= 4 is 0 Å². The number of hydrogen-bond donors (Lipinski definition) is 1. The Kier molecular flexibility index (Phi) is 9.47. The Bertz CT molecular complexity index is 235. The minimum atomic E-state index is 0. The first-order chi connectivity index (χ1) is 6.79. The van der Waals surface area contributed by atoms with E-state index in [1.54, 1.807) is 12.4 Å². The Hall–Kier alpha value is 0.144. The van der Waals surface area contributed by atoms with Gasteiger partial charge in [-0.05, 0) is 13.1 Å². The summed E-state index contributed by atoms with van der Waals surface area (Å²) in [6.07, 6.45) is 8.39. The van der Waals surface area contributed by atoms with Crippen LogP contribution >= 0.6 is 0 Å². The normalized spacial score (nSPS) is 15.9. The van der Waals surface area contributed by atoms with Crippen LogP contribution in [0.3, 0.4) is 0 Å². The molecule has 3 nitrogen and oxygen atoms in total. The van der Waals surface area contributed by atoms with E-state index >= 15 is 0 Å². The maximum Gasteiger partial charge on any atom is 0.0213 e. The number of nitrogens with one attached hydrogen (secondary N) is 1. The smallest absolute Gasteiger partial charge is 0.0213 e. The number of piperidine rings is 1. The number of aromatic nitrogens is 2. The third-order valence-corrected chi connectivity index (χ3v) is 2.11. The van der Waals surface area contributed by atoms with Gasteiger partial charge in [-0.2, -0.15) is 5.92 Å². The molecule has 0 spiro atoms. The summed E-state index contributed by atoms with van der Waals surface area (Å²) < 4.78 is 0. The molecule has 1 N–H and O–H groups in total. The van der Waals surface area contributed by atoms with Crippen LogP contribution in [0, 0.1) is 26.1 Å². The van der Waals surface area contributed by atoms with Crippen molar-refractivity contribution in [2.75, 3.05) is 13.1 Å². The molecule has 1 aromatic rings. The van der Waals surface area contributed by atoms with Crippen LogP contribution in [0.2, 0.25) is 0 Å². The maximum atomic E-state index is 3.96. The standard InChI is InChI=1S/C6H12N.C5H5N2.Y/c1-6-2-4-7-5-3-6;1-5-2-6-4-7-3-5;/h6-7H,1-5H2;2-3H,1H3;/q2*-1;. The summed E-state index contributed by atoms with van der Waals surface area (Å²) in [4.78, 5) is 7.30. The van der Waals surface area contributed by atoms with Gasteiger partial charge in [0.2, 0.25) is 0 Å². The van der Waals surface area contributed by atoms with Crippen molar-refractivity contribution in [3.8, 4) is 0 Å². The van der Waals surface area contributed by atoms with E-state index in [-0.39, 0.29) is 32.7 Å². The van der Waals surface area contributed by atoms with E-state index < -0.39 is 0 Å². The molecule has 4 heteroatoms. The molecular formula is C11H17N3Y-2. The third-order valence-electron chi connectivity index (χ3n) is 2.11. The number of rotatable bonds is 0. The summed E-state index contributed by atoms with van der Waals surface area (Å²) in [5.74, 6) is 0.723. The van der Waals surface area contributed by atoms with Gasteiger partial charge in [0.05, 0.1) is 0 Å². The molecule has 0 amide bonds. The van der Waals surface area contributed by atoms with E-state index in [2.05, 4.69) is 28.5 Å². The Morgan fingerprint density at radius 1 is 1.33 bits per heavy atom. The topological polar surface area (TPSA) is 37.8 Å². The molecule has 2 rings (SSSR count). The summed E-state index contributed by atoms with van der Waals surface area (Å²) >= 11 is 0. The molecule has 1 aliphatic rings. The van der Waals surface area contributed by atoms with Crippen molar-refractivity contribution in [1.82, 2.24) is 15.3 Å². The monoisotopic (exact) mass is 280 g/mol. The van der Waals surface area contributed by atoms with Crippen LogP contribution in [-0.4, -0.2) is 23.1 Å². The van der Waals surface area contributed by atoms with Crippen molar-refractivity contribution in [2.24, 2.45) is 5.92 Å². The molecule has 1 fully saturated rings. The van der Waals surface area contributed by atoms with Crippen LogP contribution in [0.15, 0.2) is 12.4 Å². The van der Waals surface area contributed by atoms with Gasteiger partial charge in [0.15, 0.2) is 0 Å². The Morgan fingerprint density at radius 3 is 2.13 bits per heavy atom. The van der Waals surface area contributed by atoms with Crippen LogP contribution in [0.1, 0.15) is 18.4 Å². The first-order valence-electron chi connectivity index (χ1n) is 4.97. The molecule has 1 saturated heterocycles. The maximum absolute atomic E-state index is 3.96. The Morgan fingerprint density at radius 2 is 1.87 bits per heavy atom. The third kappa shape index (κ3) is 8.00. The van der Waals surface area contributed by atoms with Crippen molar-refractivity contribution in [2.45, 2.75) is 19.8 Å². The fraction of sp³-hybridized carbons (Fsp3) is 0.545. The average Bonchev–Trinajstić information content (AvgIpc) is 2.21. The zero-order valence-electron chi connectivity index (χ0n) is 9.24. The SMILES string of the molecule is Cc1cn[c-]nc1.[CH2-]C1CCNCC1.[Y]. The van der Waals surface area contributed by atoms with Crippen LogP contribution in [0.4, 0.5) is 0 Å². The van der Waals surface area contributed by atoms with Gasteiger partial charge in [-0.25, -0.2) is 0 Å². The summed E-state index contributed by atoms with van der Waals surface area (Å²) in [5, 5.41) is 3.28. The second-order valence-electron chi connectivity index (χ2n) is 3.55. The first kappa shape index (κ1) is 15.1. The second kappa shape index (κ2) is 9.38. The predicted molar refractivity (Wildman–Crippen MR) is 56.6 cm³/mol. The van der Waals surface area contributed by atoms with Gasteiger partial charge in [-0.1, -0.05) is 32.2 Å². The molecule has 0 aliphatic carbocycles. The van der Waals surface area contributed by atoms with Gasteiger partial charge in [0, 0.05) is 39.0 Å². The zero-order valence-corrected chi connectivity index (χ0v) is 12.1. The van der Waals surface area contributed by atoms with Crippen molar-refractivity contribution < 1.29 is 32.7 Å². The van der Waals surface area contributed by atoms with Crippen LogP contribution in [0.5, 0.6) is 0 Å². The van der Waals surface area contributed by atoms with Gasteiger partial charge < -0.3 is 22.2 Å². The molecule has 0 aromatic carbocycles. The molecule has 1 aromatic heterocycles. The van der Waals surface area contributed by atoms with Crippen LogP contribution in [-0.2, 0) is 32.7 Å². The number of aryl methyl sites for hydroxylation is 1. The number of hydrogen-bond acceptors (Lipinski definition) is 3. The van der Waals surface area contributed by atoms with Gasteiger partial charge in [0.25, 0.3) is 0 Å². The van der Waals surface area contributed by atoms with Crippen LogP contribution in [0.25, 0.3) is 0 Å². The Labute approximate surface area is 117 Å². The summed E-state index contributed by atoms with van der Waals surface area (Å²) in [5.41, 5.74) is 1.07. The van der Waals surface area contributed by atoms with Crippen LogP contribution < -0.4 is 5.32 Å². The summed E-state index contributed by atoms with van der Waals surface area (Å²) in [6, 6.07) is 0. The largest absolute Gasteiger partial charge is 0.374 e. The molecule has 1 aliphatic heterocycles. The van der Waals surface area contributed by atoms with Gasteiger partial charge in [-0.3, -0.25) is 0 Å². The minimum Gasteiger partial charge on any atom is -0.374 e. The summed E-state index contributed by atoms with van der Waals surface area (Å²) in [6.45, 7) is 8.25. The molecular weight excluding hydrogens is 263 g/mol. The van der Waals surface area contributed by atoms with E-state index in [0.717, 1.165) is 11.5 Å². The number of nitrogens with zero attached hydrogens (tertiary/aromatic N) is 2. The van der Waals surface area contributed by atoms with Gasteiger partial charge in [0.1, 0.15) is 0 Å². The van der Waals surface area contributed by atoms with E-state index in [0.29, 0.717) is 0 Å². The van der Waals surface area contributed by atoms with Gasteiger partial charge in [-0.15, -0.1) is 5.56 Å². The Balaban J connectivity index is 0.000000245. The minimum absolute atomic E-state index is 0.